The molecule has 0 atom stereocenters. The van der Waals surface area contributed by atoms with Crippen LogP contribution in [0.1, 0.15) is 29.2 Å². The first-order chi connectivity index (χ1) is 18.6. The first kappa shape index (κ1) is 27.5. The van der Waals surface area contributed by atoms with Gasteiger partial charge in [-0.25, -0.2) is 9.69 Å². The number of non-ortho nitro benzene ring substituents is 1. The van der Waals surface area contributed by atoms with E-state index in [9.17, 15) is 24.5 Å². The Balaban J connectivity index is 1.66. The Bertz CT molecular complexity index is 1530. The molecule has 1 fully saturated rings. The quantitative estimate of drug-likeness (QED) is 0.155. The number of hydrogen-bond acceptors (Lipinski definition) is 7. The van der Waals surface area contributed by atoms with Crippen molar-refractivity contribution in [1.82, 2.24) is 5.32 Å². The predicted octanol–water partition coefficient (Wildman–Crippen LogP) is 5.62. The van der Waals surface area contributed by atoms with Gasteiger partial charge in [0, 0.05) is 12.1 Å². The molecule has 1 N–H and O–H groups in total. The second-order valence-electron chi connectivity index (χ2n) is 8.73. The summed E-state index contributed by atoms with van der Waals surface area (Å²) in [6, 6.07) is 13.8. The van der Waals surface area contributed by atoms with Crippen LogP contribution in [0.5, 0.6) is 11.5 Å². The summed E-state index contributed by atoms with van der Waals surface area (Å²) in [5.74, 6) is -0.894. The van der Waals surface area contributed by atoms with E-state index in [4.69, 9.17) is 9.47 Å². The van der Waals surface area contributed by atoms with Crippen LogP contribution in [0.3, 0.4) is 0 Å². The highest BCUT2D eigenvalue weighted by atomic mass is 79.9. The van der Waals surface area contributed by atoms with Crippen LogP contribution in [-0.2, 0) is 16.2 Å². The highest BCUT2D eigenvalue weighted by Gasteiger charge is 2.37. The van der Waals surface area contributed by atoms with Gasteiger partial charge in [0.15, 0.2) is 11.5 Å². The van der Waals surface area contributed by atoms with Gasteiger partial charge in [0.2, 0.25) is 0 Å². The largest absolute Gasteiger partial charge is 0.490 e. The molecule has 0 aliphatic carbocycles. The minimum atomic E-state index is -0.824. The highest BCUT2D eigenvalue weighted by molar-refractivity contribution is 9.10. The van der Waals surface area contributed by atoms with E-state index in [1.807, 2.05) is 13.0 Å². The Kier molecular flexibility index (Phi) is 8.10. The van der Waals surface area contributed by atoms with Gasteiger partial charge in [-0.3, -0.25) is 25.0 Å². The number of benzene rings is 3. The Labute approximate surface area is 232 Å². The maximum Gasteiger partial charge on any atom is 0.335 e. The van der Waals surface area contributed by atoms with E-state index >= 15 is 0 Å². The summed E-state index contributed by atoms with van der Waals surface area (Å²) in [6.07, 6.45) is 1.37. The fourth-order valence-electron chi connectivity index (χ4n) is 4.09. The third-order valence-corrected chi connectivity index (χ3v) is 6.43. The van der Waals surface area contributed by atoms with Gasteiger partial charge in [-0.15, -0.1) is 0 Å². The van der Waals surface area contributed by atoms with E-state index in [0.717, 1.165) is 10.5 Å². The van der Waals surface area contributed by atoms with Crippen molar-refractivity contribution in [2.24, 2.45) is 0 Å². The summed E-state index contributed by atoms with van der Waals surface area (Å²) in [5.41, 5.74) is 2.81. The summed E-state index contributed by atoms with van der Waals surface area (Å²) >= 11 is 3.46. The minimum absolute atomic E-state index is 0.0364. The molecule has 4 amide bonds. The lowest BCUT2D eigenvalue weighted by Gasteiger charge is -2.27. The number of rotatable bonds is 8. The molecule has 4 rings (SSSR count). The Morgan fingerprint density at radius 2 is 1.82 bits per heavy atom. The van der Waals surface area contributed by atoms with Crippen LogP contribution >= 0.6 is 15.9 Å². The Morgan fingerprint density at radius 1 is 1.05 bits per heavy atom. The van der Waals surface area contributed by atoms with E-state index in [1.54, 1.807) is 50.2 Å². The topological polar surface area (TPSA) is 128 Å². The number of nitrogens with one attached hydrogen (secondary N) is 1. The van der Waals surface area contributed by atoms with Crippen molar-refractivity contribution in [2.75, 3.05) is 11.5 Å². The summed E-state index contributed by atoms with van der Waals surface area (Å²) in [7, 11) is 0. The van der Waals surface area contributed by atoms with Crippen LogP contribution in [0.2, 0.25) is 0 Å². The number of halogens is 1. The van der Waals surface area contributed by atoms with Crippen LogP contribution < -0.4 is 19.7 Å². The SMILES string of the molecule is CCOc1cc(/C=C2\C(=O)NC(=O)N(c3ccc(C)cc3C)C2=O)cc(Br)c1OCc1cccc([N+](=O)[O-])c1. The molecule has 0 radical (unpaired) electrons. The number of carbonyl (C=O) groups is 3. The summed E-state index contributed by atoms with van der Waals surface area (Å²) < 4.78 is 12.1. The second-order valence-corrected chi connectivity index (χ2v) is 9.58. The number of urea groups is 1. The van der Waals surface area contributed by atoms with Gasteiger partial charge in [-0.2, -0.15) is 0 Å². The Hall–Kier alpha value is -4.51. The number of imide groups is 2. The van der Waals surface area contributed by atoms with E-state index in [-0.39, 0.29) is 17.9 Å². The summed E-state index contributed by atoms with van der Waals surface area (Å²) in [5, 5.41) is 13.3. The van der Waals surface area contributed by atoms with Crippen molar-refractivity contribution in [2.45, 2.75) is 27.4 Å². The fraction of sp³-hybridized carbons (Fsp3) is 0.179. The van der Waals surface area contributed by atoms with E-state index in [0.29, 0.717) is 45.0 Å². The van der Waals surface area contributed by atoms with Crippen LogP contribution in [0, 0.1) is 24.0 Å². The summed E-state index contributed by atoms with van der Waals surface area (Å²) in [6.45, 7) is 5.80. The number of ether oxygens (including phenoxy) is 2. The molecule has 1 aliphatic heterocycles. The number of nitro benzene ring substituents is 1. The molecular formula is C28H24BrN3O7. The zero-order valence-electron chi connectivity index (χ0n) is 21.3. The zero-order chi connectivity index (χ0) is 28.3. The highest BCUT2D eigenvalue weighted by Crippen LogP contribution is 2.38. The van der Waals surface area contributed by atoms with E-state index in [1.165, 1.54) is 18.2 Å². The molecule has 10 nitrogen and oxygen atoms in total. The van der Waals surface area contributed by atoms with Crippen molar-refractivity contribution in [3.05, 3.63) is 97.0 Å². The molecule has 11 heteroatoms. The van der Waals surface area contributed by atoms with E-state index < -0.39 is 22.8 Å². The molecule has 3 aromatic rings. The fourth-order valence-corrected chi connectivity index (χ4v) is 4.66. The normalized spacial score (nSPS) is 14.4. The summed E-state index contributed by atoms with van der Waals surface area (Å²) in [4.78, 5) is 50.2. The van der Waals surface area contributed by atoms with Crippen LogP contribution in [0.25, 0.3) is 6.08 Å². The first-order valence-corrected chi connectivity index (χ1v) is 12.7. The molecule has 0 unspecified atom stereocenters. The minimum Gasteiger partial charge on any atom is -0.490 e. The number of nitrogens with zero attached hydrogens (tertiary/aromatic N) is 2. The maximum absolute atomic E-state index is 13.3. The molecule has 0 bridgehead atoms. The molecule has 0 spiro atoms. The monoisotopic (exact) mass is 593 g/mol. The van der Waals surface area contributed by atoms with Crippen LogP contribution in [-0.4, -0.2) is 29.4 Å². The number of barbiturate groups is 1. The molecule has 3 aromatic carbocycles. The maximum atomic E-state index is 13.3. The van der Waals surface area contributed by atoms with E-state index in [2.05, 4.69) is 21.2 Å². The average molecular weight is 594 g/mol. The molecular weight excluding hydrogens is 570 g/mol. The molecule has 1 aliphatic rings. The Morgan fingerprint density at radius 3 is 2.51 bits per heavy atom. The predicted molar refractivity (Wildman–Crippen MR) is 148 cm³/mol. The van der Waals surface area contributed by atoms with Gasteiger partial charge >= 0.3 is 6.03 Å². The lowest BCUT2D eigenvalue weighted by molar-refractivity contribution is -0.384. The number of anilines is 1. The number of carbonyl (C=O) groups excluding carboxylic acids is 3. The van der Waals surface area contributed by atoms with Crippen molar-refractivity contribution in [3.8, 4) is 11.5 Å². The molecule has 0 saturated carbocycles. The standard InChI is InChI=1S/C28H24BrN3O7/c1-4-38-24-14-19(13-22(29)25(24)39-15-18-6-5-7-20(11-18)32(36)37)12-21-26(33)30-28(35)31(27(21)34)23-9-8-16(2)10-17(23)3/h5-14H,4,15H2,1-3H3,(H,30,33,35)/b21-12+. The van der Waals surface area contributed by atoms with Gasteiger partial charge in [0.05, 0.1) is 21.7 Å². The first-order valence-electron chi connectivity index (χ1n) is 11.9. The number of amides is 4. The lowest BCUT2D eigenvalue weighted by Crippen LogP contribution is -2.54. The second kappa shape index (κ2) is 11.5. The number of nitro groups is 1. The van der Waals surface area contributed by atoms with Crippen molar-refractivity contribution >= 4 is 51.2 Å². The zero-order valence-corrected chi connectivity index (χ0v) is 22.9. The van der Waals surface area contributed by atoms with Crippen molar-refractivity contribution in [3.63, 3.8) is 0 Å². The molecule has 1 saturated heterocycles. The third-order valence-electron chi connectivity index (χ3n) is 5.84. The van der Waals surface area contributed by atoms with Crippen molar-refractivity contribution in [1.29, 1.82) is 0 Å². The molecule has 1 heterocycles. The molecule has 39 heavy (non-hydrogen) atoms. The van der Waals surface area contributed by atoms with Gasteiger partial charge < -0.3 is 9.47 Å². The molecule has 0 aromatic heterocycles. The smallest absolute Gasteiger partial charge is 0.335 e. The van der Waals surface area contributed by atoms with Gasteiger partial charge in [0.1, 0.15) is 12.2 Å². The van der Waals surface area contributed by atoms with Crippen molar-refractivity contribution < 1.29 is 28.8 Å². The average Bonchev–Trinajstić information content (AvgIpc) is 2.87. The third kappa shape index (κ3) is 5.99. The van der Waals surface area contributed by atoms with Gasteiger partial charge in [0.25, 0.3) is 17.5 Å². The lowest BCUT2D eigenvalue weighted by atomic mass is 10.0. The van der Waals surface area contributed by atoms with Gasteiger partial charge in [-0.05, 0) is 77.7 Å². The number of aryl methyl sites for hydroxylation is 2. The number of hydrogen-bond donors (Lipinski definition) is 1. The molecule has 200 valence electrons. The van der Waals surface area contributed by atoms with Crippen LogP contribution in [0.15, 0.2) is 64.6 Å². The van der Waals surface area contributed by atoms with Crippen LogP contribution in [0.4, 0.5) is 16.2 Å². The van der Waals surface area contributed by atoms with Gasteiger partial charge in [-0.1, -0.05) is 29.8 Å².